The molecule has 3 aromatic carbocycles. The van der Waals surface area contributed by atoms with Crippen molar-refractivity contribution >= 4 is 11.9 Å². The zero-order valence-electron chi connectivity index (χ0n) is 21.4. The lowest BCUT2D eigenvalue weighted by molar-refractivity contribution is -0.0445. The zero-order chi connectivity index (χ0) is 26.3. The molecular weight excluding hydrogens is 470 g/mol. The van der Waals surface area contributed by atoms with Gasteiger partial charge in [-0.2, -0.15) is 0 Å². The van der Waals surface area contributed by atoms with E-state index in [1.807, 2.05) is 66.7 Å². The van der Waals surface area contributed by atoms with Crippen molar-refractivity contribution in [1.29, 1.82) is 0 Å². The van der Waals surface area contributed by atoms with Gasteiger partial charge in [-0.3, -0.25) is 4.79 Å². The number of benzene rings is 3. The summed E-state index contributed by atoms with van der Waals surface area (Å²) in [5.74, 6) is 0.474. The number of Topliss-reactive ketones (excluding diaryl/α,β-unsaturated/α-hetero) is 1. The number of amides is 1. The number of nitrogens with one attached hydrogen (secondary N) is 1. The predicted octanol–water partition coefficient (Wildman–Crippen LogP) is 5.63. The van der Waals surface area contributed by atoms with Crippen molar-refractivity contribution in [3.63, 3.8) is 0 Å². The van der Waals surface area contributed by atoms with Crippen LogP contribution < -0.4 is 10.1 Å². The second-order valence-electron chi connectivity index (χ2n) is 9.85. The molecule has 0 aromatic heterocycles. The summed E-state index contributed by atoms with van der Waals surface area (Å²) in [6, 6.07) is 23.7. The summed E-state index contributed by atoms with van der Waals surface area (Å²) < 4.78 is 22.6. The average molecular weight is 504 g/mol. The molecule has 1 atom stereocenters. The Morgan fingerprint density at radius 3 is 2.22 bits per heavy atom. The summed E-state index contributed by atoms with van der Waals surface area (Å²) >= 11 is 0. The molecule has 0 bridgehead atoms. The number of rotatable bonds is 9. The Morgan fingerprint density at radius 2 is 1.54 bits per heavy atom. The third kappa shape index (κ3) is 7.65. The third-order valence-corrected chi connectivity index (χ3v) is 5.72. The van der Waals surface area contributed by atoms with Crippen molar-refractivity contribution in [3.05, 3.63) is 101 Å². The minimum atomic E-state index is -0.853. The van der Waals surface area contributed by atoms with Crippen LogP contribution in [0.15, 0.2) is 78.9 Å². The molecule has 0 saturated carbocycles. The maximum atomic E-state index is 13.7. The van der Waals surface area contributed by atoms with Crippen LogP contribution in [0.4, 0.5) is 4.79 Å². The summed E-state index contributed by atoms with van der Waals surface area (Å²) in [5, 5.41) is 2.78. The van der Waals surface area contributed by atoms with E-state index < -0.39 is 24.0 Å². The van der Waals surface area contributed by atoms with Gasteiger partial charge in [0.25, 0.3) is 0 Å². The van der Waals surface area contributed by atoms with Crippen LogP contribution in [-0.2, 0) is 27.2 Å². The highest BCUT2D eigenvalue weighted by Crippen LogP contribution is 2.28. The number of hydrogen-bond acceptors (Lipinski definition) is 6. The zero-order valence-corrected chi connectivity index (χ0v) is 21.4. The van der Waals surface area contributed by atoms with Gasteiger partial charge in [-0.25, -0.2) is 4.79 Å². The van der Waals surface area contributed by atoms with Crippen LogP contribution in [0.3, 0.4) is 0 Å². The second-order valence-corrected chi connectivity index (χ2v) is 9.85. The van der Waals surface area contributed by atoms with Crippen molar-refractivity contribution in [2.45, 2.75) is 51.7 Å². The summed E-state index contributed by atoms with van der Waals surface area (Å²) in [6.45, 7) is 6.73. The first kappa shape index (κ1) is 26.4. The van der Waals surface area contributed by atoms with Crippen LogP contribution in [0.2, 0.25) is 0 Å². The Balaban J connectivity index is 1.51. The standard InChI is InChI=1S/C30H33NO6/c1-30(2,3)37-29(33)31-26(27(32)24-11-7-8-12-25(24)28-34-17-18-35-28)19-21-13-15-23(16-14-21)36-20-22-9-5-4-6-10-22/h4-16,26,28H,17-20H2,1-3H3,(H,31,33)/t26-/m0/s1. The topological polar surface area (TPSA) is 83.1 Å². The molecule has 1 aliphatic heterocycles. The molecule has 194 valence electrons. The largest absolute Gasteiger partial charge is 0.489 e. The molecule has 0 aliphatic carbocycles. The number of ether oxygens (including phenoxy) is 4. The van der Waals surface area contributed by atoms with Crippen LogP contribution in [0.25, 0.3) is 0 Å². The number of hydrogen-bond donors (Lipinski definition) is 1. The molecule has 1 amide bonds. The molecule has 0 unspecified atom stereocenters. The Labute approximate surface area is 217 Å². The first-order valence-corrected chi connectivity index (χ1v) is 12.4. The minimum Gasteiger partial charge on any atom is -0.489 e. The van der Waals surface area contributed by atoms with Crippen LogP contribution in [0, 0.1) is 0 Å². The molecule has 1 saturated heterocycles. The van der Waals surface area contributed by atoms with Gasteiger partial charge in [-0.15, -0.1) is 0 Å². The van der Waals surface area contributed by atoms with E-state index in [2.05, 4.69) is 5.32 Å². The van der Waals surface area contributed by atoms with Gasteiger partial charge in [0.15, 0.2) is 12.1 Å². The van der Waals surface area contributed by atoms with E-state index in [1.54, 1.807) is 32.9 Å². The Bertz CT molecular complexity index is 1180. The molecule has 1 heterocycles. The summed E-state index contributed by atoms with van der Waals surface area (Å²) in [4.78, 5) is 26.4. The van der Waals surface area contributed by atoms with E-state index in [0.717, 1.165) is 16.9 Å². The minimum absolute atomic E-state index is 0.245. The molecule has 1 fully saturated rings. The third-order valence-electron chi connectivity index (χ3n) is 5.72. The van der Waals surface area contributed by atoms with E-state index in [1.165, 1.54) is 0 Å². The van der Waals surface area contributed by atoms with Crippen LogP contribution in [-0.4, -0.2) is 36.7 Å². The van der Waals surface area contributed by atoms with Gasteiger partial charge >= 0.3 is 6.09 Å². The maximum Gasteiger partial charge on any atom is 0.408 e. The highest BCUT2D eigenvalue weighted by Gasteiger charge is 2.30. The lowest BCUT2D eigenvalue weighted by Gasteiger charge is -2.24. The Morgan fingerprint density at radius 1 is 0.892 bits per heavy atom. The van der Waals surface area contributed by atoms with E-state index >= 15 is 0 Å². The summed E-state index contributed by atoms with van der Waals surface area (Å²) in [6.07, 6.45) is -0.986. The number of carbonyl (C=O) groups excluding carboxylic acids is 2. The molecule has 7 heteroatoms. The Hall–Kier alpha value is -3.68. The van der Waals surface area contributed by atoms with Gasteiger partial charge in [0.1, 0.15) is 18.0 Å². The first-order valence-electron chi connectivity index (χ1n) is 12.4. The number of alkyl carbamates (subject to hydrolysis) is 1. The van der Waals surface area contributed by atoms with Gasteiger partial charge < -0.3 is 24.3 Å². The molecule has 1 aliphatic rings. The molecule has 1 N–H and O–H groups in total. The SMILES string of the molecule is CC(C)(C)OC(=O)N[C@@H](Cc1ccc(OCc2ccccc2)cc1)C(=O)c1ccccc1C1OCCO1. The molecule has 7 nitrogen and oxygen atoms in total. The lowest BCUT2D eigenvalue weighted by Crippen LogP contribution is -2.45. The van der Waals surface area contributed by atoms with Crippen LogP contribution >= 0.6 is 0 Å². The maximum absolute atomic E-state index is 13.7. The monoisotopic (exact) mass is 503 g/mol. The van der Waals surface area contributed by atoms with Crippen molar-refractivity contribution < 1.29 is 28.5 Å². The van der Waals surface area contributed by atoms with E-state index in [0.29, 0.717) is 30.9 Å². The van der Waals surface area contributed by atoms with Crippen molar-refractivity contribution in [3.8, 4) is 5.75 Å². The molecule has 3 aromatic rings. The highest BCUT2D eigenvalue weighted by molar-refractivity contribution is 6.03. The van der Waals surface area contributed by atoms with Gasteiger partial charge in [0, 0.05) is 17.5 Å². The normalized spacial score (nSPS) is 14.7. The van der Waals surface area contributed by atoms with Gasteiger partial charge in [0.2, 0.25) is 0 Å². The smallest absolute Gasteiger partial charge is 0.408 e. The van der Waals surface area contributed by atoms with Crippen molar-refractivity contribution in [2.75, 3.05) is 13.2 Å². The van der Waals surface area contributed by atoms with E-state index in [9.17, 15) is 9.59 Å². The van der Waals surface area contributed by atoms with Gasteiger partial charge in [0.05, 0.1) is 19.3 Å². The first-order chi connectivity index (χ1) is 17.8. The number of ketones is 1. The summed E-state index contributed by atoms with van der Waals surface area (Å²) in [5.41, 5.74) is 2.34. The quantitative estimate of drug-likeness (QED) is 0.381. The van der Waals surface area contributed by atoms with Crippen molar-refractivity contribution in [1.82, 2.24) is 5.32 Å². The highest BCUT2D eigenvalue weighted by atomic mass is 16.7. The predicted molar refractivity (Wildman–Crippen MR) is 139 cm³/mol. The molecule has 0 spiro atoms. The Kier molecular flexibility index (Phi) is 8.58. The second kappa shape index (κ2) is 12.0. The molecule has 0 radical (unpaired) electrons. The average Bonchev–Trinajstić information content (AvgIpc) is 3.42. The molecule has 37 heavy (non-hydrogen) atoms. The van der Waals surface area contributed by atoms with Gasteiger partial charge in [-0.1, -0.05) is 66.7 Å². The number of carbonyl (C=O) groups is 2. The summed E-state index contributed by atoms with van der Waals surface area (Å²) in [7, 11) is 0. The van der Waals surface area contributed by atoms with E-state index in [-0.39, 0.29) is 12.2 Å². The fourth-order valence-electron chi connectivity index (χ4n) is 4.01. The van der Waals surface area contributed by atoms with Gasteiger partial charge in [-0.05, 0) is 44.0 Å². The lowest BCUT2D eigenvalue weighted by atomic mass is 9.94. The fraction of sp³-hybridized carbons (Fsp3) is 0.333. The van der Waals surface area contributed by atoms with Crippen LogP contribution in [0.5, 0.6) is 5.75 Å². The molecular formula is C30H33NO6. The van der Waals surface area contributed by atoms with Crippen LogP contribution in [0.1, 0.15) is 54.1 Å². The van der Waals surface area contributed by atoms with Crippen molar-refractivity contribution in [2.24, 2.45) is 0 Å². The van der Waals surface area contributed by atoms with E-state index in [4.69, 9.17) is 18.9 Å². The molecule has 4 rings (SSSR count). The fourth-order valence-corrected chi connectivity index (χ4v) is 4.01.